The van der Waals surface area contributed by atoms with Gasteiger partial charge in [0.1, 0.15) is 0 Å². The van der Waals surface area contributed by atoms with Gasteiger partial charge in [-0.15, -0.1) is 0 Å². The first-order valence-electron chi connectivity index (χ1n) is 7.46. The normalized spacial score (nSPS) is 10.8. The molecule has 0 fully saturated rings. The molecule has 124 valence electrons. The van der Waals surface area contributed by atoms with E-state index >= 15 is 0 Å². The van der Waals surface area contributed by atoms with Crippen molar-refractivity contribution in [2.24, 2.45) is 0 Å². The maximum Gasteiger partial charge on any atom is 0.238 e. The third-order valence-electron chi connectivity index (χ3n) is 3.52. The largest absolute Gasteiger partial charge is 0.461 e. The number of halogens is 1. The Morgan fingerprint density at radius 1 is 1.25 bits per heavy atom. The van der Waals surface area contributed by atoms with Crippen LogP contribution in [0, 0.1) is 0 Å². The van der Waals surface area contributed by atoms with E-state index < -0.39 is 0 Å². The van der Waals surface area contributed by atoms with Gasteiger partial charge in [0.25, 0.3) is 0 Å². The number of carbonyl (C=O) groups excluding carboxylic acids is 1. The Morgan fingerprint density at radius 3 is 2.75 bits per heavy atom. The van der Waals surface area contributed by atoms with Gasteiger partial charge in [-0.05, 0) is 29.8 Å². The van der Waals surface area contributed by atoms with Crippen LogP contribution in [0.5, 0.6) is 0 Å². The summed E-state index contributed by atoms with van der Waals surface area (Å²) in [6.07, 6.45) is 2.26. The molecule has 0 aliphatic carbocycles. The number of hydrogen-bond acceptors (Lipinski definition) is 5. The second-order valence-corrected chi connectivity index (χ2v) is 6.28. The molecule has 0 atom stereocenters. The molecule has 3 rings (SSSR count). The number of amides is 1. The summed E-state index contributed by atoms with van der Waals surface area (Å²) in [6, 6.07) is 11.4. The van der Waals surface area contributed by atoms with Gasteiger partial charge in [0, 0.05) is 30.9 Å². The highest BCUT2D eigenvalue weighted by molar-refractivity contribution is 9.10. The van der Waals surface area contributed by atoms with Crippen molar-refractivity contribution in [3.63, 3.8) is 0 Å². The quantitative estimate of drug-likeness (QED) is 0.642. The fourth-order valence-electron chi connectivity index (χ4n) is 2.22. The first kappa shape index (κ1) is 16.4. The number of aromatic nitrogens is 2. The van der Waals surface area contributed by atoms with Crippen molar-refractivity contribution < 1.29 is 13.7 Å². The number of hydrogen-bond donors (Lipinski definition) is 0. The third kappa shape index (κ3) is 4.11. The minimum atomic E-state index is 0.0238. The molecule has 0 spiro atoms. The van der Waals surface area contributed by atoms with Crippen LogP contribution in [0.1, 0.15) is 17.9 Å². The molecule has 7 heteroatoms. The highest BCUT2D eigenvalue weighted by atomic mass is 79.9. The second-order valence-electron chi connectivity index (χ2n) is 5.37. The number of furan rings is 1. The van der Waals surface area contributed by atoms with E-state index in [1.54, 1.807) is 30.3 Å². The van der Waals surface area contributed by atoms with Gasteiger partial charge in [-0.2, -0.15) is 4.98 Å². The SMILES string of the molecule is CN(Cc1ccc(Br)cc1)C(=O)CCc1nc(-c2ccco2)no1. The van der Waals surface area contributed by atoms with Crippen molar-refractivity contribution in [3.05, 3.63) is 58.6 Å². The molecule has 2 heterocycles. The summed E-state index contributed by atoms with van der Waals surface area (Å²) in [5.41, 5.74) is 1.08. The van der Waals surface area contributed by atoms with E-state index in [2.05, 4.69) is 26.1 Å². The fourth-order valence-corrected chi connectivity index (χ4v) is 2.48. The van der Waals surface area contributed by atoms with Crippen LogP contribution in [0.2, 0.25) is 0 Å². The van der Waals surface area contributed by atoms with Gasteiger partial charge in [0.15, 0.2) is 5.76 Å². The van der Waals surface area contributed by atoms with Gasteiger partial charge in [0.2, 0.25) is 17.6 Å². The van der Waals surface area contributed by atoms with E-state index in [0.29, 0.717) is 36.9 Å². The molecule has 0 aliphatic rings. The van der Waals surface area contributed by atoms with E-state index in [9.17, 15) is 4.79 Å². The van der Waals surface area contributed by atoms with Crippen molar-refractivity contribution in [1.82, 2.24) is 15.0 Å². The van der Waals surface area contributed by atoms with Gasteiger partial charge < -0.3 is 13.8 Å². The van der Waals surface area contributed by atoms with Crippen LogP contribution in [-0.4, -0.2) is 28.0 Å². The first-order valence-corrected chi connectivity index (χ1v) is 8.26. The minimum absolute atomic E-state index is 0.0238. The smallest absolute Gasteiger partial charge is 0.238 e. The van der Waals surface area contributed by atoms with Gasteiger partial charge in [-0.25, -0.2) is 0 Å². The maximum absolute atomic E-state index is 12.2. The Balaban J connectivity index is 1.52. The molecule has 0 N–H and O–H groups in total. The van der Waals surface area contributed by atoms with E-state index in [4.69, 9.17) is 8.94 Å². The predicted molar refractivity (Wildman–Crippen MR) is 90.9 cm³/mol. The first-order chi connectivity index (χ1) is 11.6. The van der Waals surface area contributed by atoms with Gasteiger partial charge >= 0.3 is 0 Å². The van der Waals surface area contributed by atoms with Crippen LogP contribution in [-0.2, 0) is 17.8 Å². The molecule has 0 aliphatic heterocycles. The molecule has 24 heavy (non-hydrogen) atoms. The van der Waals surface area contributed by atoms with Crippen molar-refractivity contribution in [2.45, 2.75) is 19.4 Å². The molecule has 0 saturated heterocycles. The number of benzene rings is 1. The summed E-state index contributed by atoms with van der Waals surface area (Å²) in [5.74, 6) is 1.39. The van der Waals surface area contributed by atoms with E-state index in [0.717, 1.165) is 10.0 Å². The number of carbonyl (C=O) groups is 1. The van der Waals surface area contributed by atoms with E-state index in [-0.39, 0.29) is 5.91 Å². The average Bonchev–Trinajstić information content (AvgIpc) is 3.25. The zero-order valence-corrected chi connectivity index (χ0v) is 14.7. The fraction of sp³-hybridized carbons (Fsp3) is 0.235. The summed E-state index contributed by atoms with van der Waals surface area (Å²) < 4.78 is 11.4. The Morgan fingerprint density at radius 2 is 2.04 bits per heavy atom. The number of aryl methyl sites for hydroxylation is 1. The van der Waals surface area contributed by atoms with Crippen LogP contribution in [0.15, 0.2) is 56.1 Å². The Labute approximate surface area is 147 Å². The number of nitrogens with zero attached hydrogens (tertiary/aromatic N) is 3. The van der Waals surface area contributed by atoms with Crippen molar-refractivity contribution in [1.29, 1.82) is 0 Å². The average molecular weight is 390 g/mol. The Bertz CT molecular complexity index is 797. The lowest BCUT2D eigenvalue weighted by atomic mass is 10.2. The summed E-state index contributed by atoms with van der Waals surface area (Å²) in [5, 5.41) is 3.85. The van der Waals surface area contributed by atoms with Crippen LogP contribution in [0.25, 0.3) is 11.6 Å². The van der Waals surface area contributed by atoms with Gasteiger partial charge in [-0.3, -0.25) is 4.79 Å². The van der Waals surface area contributed by atoms with Gasteiger partial charge in [-0.1, -0.05) is 33.2 Å². The molecule has 2 aromatic heterocycles. The van der Waals surface area contributed by atoms with E-state index in [1.165, 1.54) is 0 Å². The van der Waals surface area contributed by atoms with Crippen LogP contribution in [0.3, 0.4) is 0 Å². The lowest BCUT2D eigenvalue weighted by Gasteiger charge is -2.16. The van der Waals surface area contributed by atoms with E-state index in [1.807, 2.05) is 24.3 Å². The highest BCUT2D eigenvalue weighted by Crippen LogP contribution is 2.17. The summed E-state index contributed by atoms with van der Waals surface area (Å²) in [6.45, 7) is 0.563. The Kier molecular flexibility index (Phi) is 5.10. The van der Waals surface area contributed by atoms with Crippen molar-refractivity contribution >= 4 is 21.8 Å². The second kappa shape index (κ2) is 7.44. The lowest BCUT2D eigenvalue weighted by Crippen LogP contribution is -2.26. The van der Waals surface area contributed by atoms with Crippen LogP contribution < -0.4 is 0 Å². The highest BCUT2D eigenvalue weighted by Gasteiger charge is 2.14. The molecular weight excluding hydrogens is 374 g/mol. The molecule has 0 unspecified atom stereocenters. The minimum Gasteiger partial charge on any atom is -0.461 e. The summed E-state index contributed by atoms with van der Waals surface area (Å²) in [4.78, 5) is 18.1. The zero-order chi connectivity index (χ0) is 16.9. The van der Waals surface area contributed by atoms with Crippen molar-refractivity contribution in [3.8, 4) is 11.6 Å². The molecule has 0 radical (unpaired) electrons. The third-order valence-corrected chi connectivity index (χ3v) is 4.05. The molecular formula is C17H16BrN3O3. The summed E-state index contributed by atoms with van der Waals surface area (Å²) in [7, 11) is 1.78. The molecule has 0 bridgehead atoms. The van der Waals surface area contributed by atoms with Crippen LogP contribution >= 0.6 is 15.9 Å². The zero-order valence-electron chi connectivity index (χ0n) is 13.1. The van der Waals surface area contributed by atoms with Crippen molar-refractivity contribution in [2.75, 3.05) is 7.05 Å². The molecule has 0 saturated carbocycles. The topological polar surface area (TPSA) is 72.4 Å². The molecule has 3 aromatic rings. The van der Waals surface area contributed by atoms with Gasteiger partial charge in [0.05, 0.1) is 6.26 Å². The molecule has 1 amide bonds. The Hall–Kier alpha value is -2.41. The maximum atomic E-state index is 12.2. The molecule has 1 aromatic carbocycles. The van der Waals surface area contributed by atoms with Crippen LogP contribution in [0.4, 0.5) is 0 Å². The monoisotopic (exact) mass is 389 g/mol. The standard InChI is InChI=1S/C17H16BrN3O3/c1-21(11-12-4-6-13(18)7-5-12)16(22)9-8-15-19-17(20-24-15)14-3-2-10-23-14/h2-7,10H,8-9,11H2,1H3. The molecule has 6 nitrogen and oxygen atoms in total. The lowest BCUT2D eigenvalue weighted by molar-refractivity contribution is -0.130. The summed E-state index contributed by atoms with van der Waals surface area (Å²) >= 11 is 3.40. The number of rotatable bonds is 6. The predicted octanol–water partition coefficient (Wildman–Crippen LogP) is 3.68.